The van der Waals surface area contributed by atoms with E-state index in [1.54, 1.807) is 13.0 Å². The lowest BCUT2D eigenvalue weighted by Gasteiger charge is -1.96. The maximum atomic E-state index is 10.2. The van der Waals surface area contributed by atoms with Crippen molar-refractivity contribution in [2.75, 3.05) is 0 Å². The van der Waals surface area contributed by atoms with Crippen LogP contribution in [-0.4, -0.2) is 4.92 Å². The molecule has 3 nitrogen and oxygen atoms in total. The number of non-ortho nitro benzene ring substituents is 1. The minimum absolute atomic E-state index is 0.120. The van der Waals surface area contributed by atoms with E-state index in [1.165, 1.54) is 12.1 Å². The smallest absolute Gasteiger partial charge is 0.258 e. The Hall–Kier alpha value is -1.38. The number of benzene rings is 1. The van der Waals surface area contributed by atoms with Crippen LogP contribution in [0.4, 0.5) is 5.69 Å². The fourth-order valence-electron chi connectivity index (χ4n) is 0.794. The summed E-state index contributed by atoms with van der Waals surface area (Å²) in [6.07, 6.45) is 0. The van der Waals surface area contributed by atoms with E-state index in [-0.39, 0.29) is 5.69 Å². The van der Waals surface area contributed by atoms with E-state index in [4.69, 9.17) is 0 Å². The maximum Gasteiger partial charge on any atom is 0.269 e. The summed E-state index contributed by atoms with van der Waals surface area (Å²) in [5.74, 6) is 0. The minimum atomic E-state index is -0.410. The highest BCUT2D eigenvalue weighted by atomic mass is 16.6. The predicted molar refractivity (Wildman–Crippen MR) is 42.3 cm³/mol. The molecule has 0 aliphatic carbocycles. The number of nitro groups is 1. The molecular weight excluding hydrogens is 142 g/mol. The van der Waals surface area contributed by atoms with Gasteiger partial charge >= 0.3 is 0 Å². The Morgan fingerprint density at radius 1 is 1.55 bits per heavy atom. The summed E-state index contributed by atoms with van der Waals surface area (Å²) in [5, 5.41) is 10.2. The van der Waals surface area contributed by atoms with Crippen molar-refractivity contribution in [2.45, 2.75) is 6.92 Å². The van der Waals surface area contributed by atoms with Crippen molar-refractivity contribution in [2.24, 2.45) is 0 Å². The van der Waals surface area contributed by atoms with Crippen LogP contribution in [0.25, 0.3) is 0 Å². The first kappa shape index (κ1) is 7.72. The van der Waals surface area contributed by atoms with Gasteiger partial charge in [-0.3, -0.25) is 10.1 Å². The summed E-state index contributed by atoms with van der Waals surface area (Å²) in [5.41, 5.74) is 1.80. The average Bonchev–Trinajstić information content (AvgIpc) is 1.94. The van der Waals surface area contributed by atoms with Gasteiger partial charge in [0.15, 0.2) is 0 Å². The molecule has 0 unspecified atom stereocenters. The largest absolute Gasteiger partial charge is 0.269 e. The number of aryl methyl sites for hydroxylation is 1. The van der Waals surface area contributed by atoms with Crippen LogP contribution >= 0.6 is 0 Å². The zero-order valence-electron chi connectivity index (χ0n) is 6.20. The average molecular weight is 150 g/mol. The molecule has 0 fully saturated rings. The minimum Gasteiger partial charge on any atom is -0.258 e. The quantitative estimate of drug-likeness (QED) is 0.454. The van der Waals surface area contributed by atoms with Crippen LogP contribution in [0.2, 0.25) is 0 Å². The molecule has 0 aliphatic heterocycles. The van der Waals surface area contributed by atoms with Crippen molar-refractivity contribution < 1.29 is 4.92 Å². The van der Waals surface area contributed by atoms with Gasteiger partial charge in [-0.05, 0) is 25.0 Å². The van der Waals surface area contributed by atoms with Gasteiger partial charge in [0.05, 0.1) is 4.92 Å². The lowest BCUT2D eigenvalue weighted by Crippen LogP contribution is -1.89. The highest BCUT2D eigenvalue weighted by molar-refractivity contribution is 5.40. The Kier molecular flexibility index (Phi) is 1.89. The molecule has 1 rings (SSSR count). The molecule has 3 heteroatoms. The summed E-state index contributed by atoms with van der Waals surface area (Å²) in [6, 6.07) is 4.62. The monoisotopic (exact) mass is 150 g/mol. The van der Waals surface area contributed by atoms with Gasteiger partial charge in [0.1, 0.15) is 0 Å². The fraction of sp³-hybridized carbons (Fsp3) is 0.125. The molecule has 1 aromatic carbocycles. The van der Waals surface area contributed by atoms with E-state index in [0.717, 1.165) is 11.1 Å². The third-order valence-electron chi connectivity index (χ3n) is 1.54. The topological polar surface area (TPSA) is 43.1 Å². The summed E-state index contributed by atoms with van der Waals surface area (Å²) in [7, 11) is 0. The van der Waals surface area contributed by atoms with Crippen molar-refractivity contribution in [3.05, 3.63) is 46.4 Å². The van der Waals surface area contributed by atoms with E-state index in [0.29, 0.717) is 0 Å². The molecule has 0 amide bonds. The second-order valence-electron chi connectivity index (χ2n) is 2.37. The summed E-state index contributed by atoms with van der Waals surface area (Å²) >= 11 is 0. The van der Waals surface area contributed by atoms with Gasteiger partial charge in [-0.1, -0.05) is 6.07 Å². The number of hydrogen-bond acceptors (Lipinski definition) is 2. The molecule has 0 saturated carbocycles. The SMILES string of the molecule is [CH2]c1ccc([N+](=O)[O-])cc1C. The van der Waals surface area contributed by atoms with Gasteiger partial charge in [-0.15, -0.1) is 0 Å². The third kappa shape index (κ3) is 1.55. The number of hydrogen-bond donors (Lipinski definition) is 0. The van der Waals surface area contributed by atoms with Crippen molar-refractivity contribution in [3.8, 4) is 0 Å². The molecule has 0 spiro atoms. The van der Waals surface area contributed by atoms with E-state index in [9.17, 15) is 10.1 Å². The maximum absolute atomic E-state index is 10.2. The van der Waals surface area contributed by atoms with Crippen molar-refractivity contribution in [1.29, 1.82) is 0 Å². The Balaban J connectivity index is 3.15. The zero-order chi connectivity index (χ0) is 8.43. The summed E-state index contributed by atoms with van der Waals surface area (Å²) in [6.45, 7) is 5.50. The Labute approximate surface area is 64.8 Å². The summed E-state index contributed by atoms with van der Waals surface area (Å²) < 4.78 is 0. The molecule has 0 bridgehead atoms. The first-order chi connectivity index (χ1) is 5.11. The Morgan fingerprint density at radius 2 is 2.18 bits per heavy atom. The van der Waals surface area contributed by atoms with Crippen LogP contribution in [0.5, 0.6) is 0 Å². The molecule has 57 valence electrons. The third-order valence-corrected chi connectivity index (χ3v) is 1.54. The van der Waals surface area contributed by atoms with Gasteiger partial charge < -0.3 is 0 Å². The van der Waals surface area contributed by atoms with Crippen molar-refractivity contribution >= 4 is 5.69 Å². The molecule has 1 aromatic rings. The van der Waals surface area contributed by atoms with Crippen LogP contribution in [0.15, 0.2) is 18.2 Å². The van der Waals surface area contributed by atoms with Gasteiger partial charge in [0.25, 0.3) is 5.69 Å². The first-order valence-corrected chi connectivity index (χ1v) is 3.18. The second kappa shape index (κ2) is 2.70. The summed E-state index contributed by atoms with van der Waals surface area (Å²) in [4.78, 5) is 9.84. The molecule has 0 saturated heterocycles. The molecule has 0 aliphatic rings. The standard InChI is InChI=1S/C8H8NO2/c1-6-3-4-8(9(10)11)5-7(6)2/h3-5H,1H2,2H3. The Bertz CT molecular complexity index is 294. The van der Waals surface area contributed by atoms with Gasteiger partial charge in [-0.25, -0.2) is 0 Å². The highest BCUT2D eigenvalue weighted by Crippen LogP contribution is 2.15. The van der Waals surface area contributed by atoms with Crippen LogP contribution in [-0.2, 0) is 0 Å². The fourth-order valence-corrected chi connectivity index (χ4v) is 0.794. The number of nitrogens with zero attached hydrogens (tertiary/aromatic N) is 1. The van der Waals surface area contributed by atoms with E-state index < -0.39 is 4.92 Å². The Morgan fingerprint density at radius 3 is 2.64 bits per heavy atom. The molecule has 0 aromatic heterocycles. The van der Waals surface area contributed by atoms with Crippen molar-refractivity contribution in [1.82, 2.24) is 0 Å². The van der Waals surface area contributed by atoms with Crippen molar-refractivity contribution in [3.63, 3.8) is 0 Å². The molecule has 0 N–H and O–H groups in total. The van der Waals surface area contributed by atoms with Crippen LogP contribution in [0, 0.1) is 24.0 Å². The van der Waals surface area contributed by atoms with Crippen LogP contribution in [0.1, 0.15) is 11.1 Å². The lowest BCUT2D eigenvalue weighted by atomic mass is 10.1. The first-order valence-electron chi connectivity index (χ1n) is 3.18. The van der Waals surface area contributed by atoms with Gasteiger partial charge in [0.2, 0.25) is 0 Å². The highest BCUT2D eigenvalue weighted by Gasteiger charge is 2.04. The molecular formula is C8H8NO2. The van der Waals surface area contributed by atoms with E-state index >= 15 is 0 Å². The molecule has 0 atom stereocenters. The molecule has 11 heavy (non-hydrogen) atoms. The molecule has 1 radical (unpaired) electrons. The van der Waals surface area contributed by atoms with Gasteiger partial charge in [0, 0.05) is 12.1 Å². The number of nitro benzene ring substituents is 1. The second-order valence-corrected chi connectivity index (χ2v) is 2.37. The lowest BCUT2D eigenvalue weighted by molar-refractivity contribution is -0.384. The zero-order valence-corrected chi connectivity index (χ0v) is 6.20. The predicted octanol–water partition coefficient (Wildman–Crippen LogP) is 2.09. The normalized spacial score (nSPS) is 9.64. The van der Waals surface area contributed by atoms with E-state index in [2.05, 4.69) is 6.92 Å². The molecule has 0 heterocycles. The van der Waals surface area contributed by atoms with E-state index in [1.807, 2.05) is 0 Å². The van der Waals surface area contributed by atoms with Gasteiger partial charge in [-0.2, -0.15) is 0 Å². The van der Waals surface area contributed by atoms with Crippen LogP contribution in [0.3, 0.4) is 0 Å². The number of rotatable bonds is 1. The van der Waals surface area contributed by atoms with Crippen LogP contribution < -0.4 is 0 Å².